The van der Waals surface area contributed by atoms with Gasteiger partial charge in [0.05, 0.1) is 59.4 Å². The van der Waals surface area contributed by atoms with Gasteiger partial charge in [0, 0.05) is 24.3 Å². The summed E-state index contributed by atoms with van der Waals surface area (Å²) in [6.07, 6.45) is 0. The van der Waals surface area contributed by atoms with Crippen molar-refractivity contribution in [1.29, 1.82) is 0 Å². The highest BCUT2D eigenvalue weighted by Crippen LogP contribution is 2.60. The molecular formula is C36H28N6O10. The van der Waals surface area contributed by atoms with E-state index in [1.807, 2.05) is 0 Å². The first kappa shape index (κ1) is 32.7. The third kappa shape index (κ3) is 4.68. The highest BCUT2D eigenvalue weighted by atomic mass is 16.6. The monoisotopic (exact) mass is 704 g/mol. The average molecular weight is 705 g/mol. The molecule has 0 bridgehead atoms. The number of ether oxygens (including phenoxy) is 2. The average Bonchev–Trinajstić information content (AvgIpc) is 3.83. The molecule has 52 heavy (non-hydrogen) atoms. The van der Waals surface area contributed by atoms with Gasteiger partial charge in [-0.25, -0.2) is 19.8 Å². The summed E-state index contributed by atoms with van der Waals surface area (Å²) in [5.41, 5.74) is 0.499. The van der Waals surface area contributed by atoms with Crippen LogP contribution in [0.5, 0.6) is 11.5 Å². The van der Waals surface area contributed by atoms with Gasteiger partial charge in [-0.3, -0.25) is 39.4 Å². The predicted molar refractivity (Wildman–Crippen MR) is 181 cm³/mol. The largest absolute Gasteiger partial charge is 0.497 e. The molecule has 16 heteroatoms. The van der Waals surface area contributed by atoms with Crippen LogP contribution in [0.2, 0.25) is 0 Å². The Kier molecular flexibility index (Phi) is 7.58. The Balaban J connectivity index is 1.32. The van der Waals surface area contributed by atoms with E-state index >= 15 is 0 Å². The minimum absolute atomic E-state index is 0.0167. The molecule has 0 saturated carbocycles. The third-order valence-electron chi connectivity index (χ3n) is 10.2. The fraction of sp³-hybridized carbons (Fsp3) is 0.222. The highest BCUT2D eigenvalue weighted by molar-refractivity contribution is 6.26. The molecule has 16 nitrogen and oxygen atoms in total. The minimum Gasteiger partial charge on any atom is -0.497 e. The number of amides is 4. The molecule has 4 aliphatic heterocycles. The van der Waals surface area contributed by atoms with Crippen LogP contribution in [0.15, 0.2) is 97.1 Å². The maximum atomic E-state index is 14.6. The Hall–Kier alpha value is -6.52. The normalized spacial score (nSPS) is 25.3. The van der Waals surface area contributed by atoms with Crippen molar-refractivity contribution in [3.05, 3.63) is 128 Å². The number of fused-ring (bicyclic) bond motifs is 5. The van der Waals surface area contributed by atoms with Gasteiger partial charge >= 0.3 is 0 Å². The second-order valence-electron chi connectivity index (χ2n) is 12.7. The van der Waals surface area contributed by atoms with Gasteiger partial charge in [-0.2, -0.15) is 0 Å². The van der Waals surface area contributed by atoms with Gasteiger partial charge < -0.3 is 9.47 Å². The molecule has 4 aromatic rings. The fourth-order valence-electron chi connectivity index (χ4n) is 8.10. The van der Waals surface area contributed by atoms with E-state index in [1.165, 1.54) is 50.6 Å². The van der Waals surface area contributed by atoms with Crippen LogP contribution in [-0.2, 0) is 19.2 Å². The highest BCUT2D eigenvalue weighted by Gasteiger charge is 2.73. The quantitative estimate of drug-likeness (QED) is 0.146. The Bertz CT molecular complexity index is 2040. The molecule has 0 N–H and O–H groups in total. The zero-order valence-electron chi connectivity index (χ0n) is 27.5. The van der Waals surface area contributed by atoms with Crippen LogP contribution >= 0.6 is 0 Å². The standard InChI is InChI=1S/C36H28N6O10/c1-51-25-13-9-19(10-14-25)29-27-31(35(45)37(33(27)43)21-5-3-7-23(17-21)41(47)48)40-30(20-11-15-26(52-2)16-12-20)28-32(39(29)40)36(46)38(34(28)44)22-6-4-8-24(18-22)42(49)50/h3-18,27-32H,1-2H3. The number of carbonyl (C=O) groups excluding carboxylic acids is 4. The molecule has 262 valence electrons. The first-order valence-corrected chi connectivity index (χ1v) is 16.1. The molecule has 4 fully saturated rings. The smallest absolute Gasteiger partial charge is 0.271 e. The zero-order valence-corrected chi connectivity index (χ0v) is 27.5. The van der Waals surface area contributed by atoms with Gasteiger partial charge in [-0.15, -0.1) is 0 Å². The summed E-state index contributed by atoms with van der Waals surface area (Å²) >= 11 is 0. The van der Waals surface area contributed by atoms with E-state index in [1.54, 1.807) is 58.5 Å². The van der Waals surface area contributed by atoms with Crippen LogP contribution in [0.3, 0.4) is 0 Å². The number of methoxy groups -OCH3 is 2. The molecule has 4 amide bonds. The Morgan fingerprint density at radius 2 is 0.885 bits per heavy atom. The molecule has 0 radical (unpaired) electrons. The Labute approximate surface area is 294 Å². The van der Waals surface area contributed by atoms with Crippen molar-refractivity contribution in [3.63, 3.8) is 0 Å². The first-order valence-electron chi connectivity index (χ1n) is 16.1. The van der Waals surface area contributed by atoms with E-state index in [2.05, 4.69) is 0 Å². The number of nitro groups is 2. The van der Waals surface area contributed by atoms with Gasteiger partial charge in [0.15, 0.2) is 0 Å². The van der Waals surface area contributed by atoms with E-state index in [-0.39, 0.29) is 22.7 Å². The predicted octanol–water partition coefficient (Wildman–Crippen LogP) is 3.97. The number of nitro benzene ring substituents is 2. The summed E-state index contributed by atoms with van der Waals surface area (Å²) in [4.78, 5) is 82.4. The van der Waals surface area contributed by atoms with Gasteiger partial charge in [-0.05, 0) is 47.5 Å². The maximum Gasteiger partial charge on any atom is 0.271 e. The van der Waals surface area contributed by atoms with E-state index in [0.717, 1.165) is 21.9 Å². The molecule has 0 aliphatic carbocycles. The zero-order chi connectivity index (χ0) is 36.6. The number of benzene rings is 4. The van der Waals surface area contributed by atoms with Crippen LogP contribution in [0.4, 0.5) is 22.7 Å². The van der Waals surface area contributed by atoms with Crippen molar-refractivity contribution in [2.24, 2.45) is 11.8 Å². The third-order valence-corrected chi connectivity index (χ3v) is 10.2. The molecule has 8 rings (SSSR count). The number of hydrogen-bond acceptors (Lipinski definition) is 12. The summed E-state index contributed by atoms with van der Waals surface area (Å²) in [6.45, 7) is 0. The minimum atomic E-state index is -1.22. The fourth-order valence-corrected chi connectivity index (χ4v) is 8.10. The molecule has 6 unspecified atom stereocenters. The molecule has 4 aromatic carbocycles. The van der Waals surface area contributed by atoms with E-state index in [4.69, 9.17) is 9.47 Å². The number of rotatable bonds is 8. The topological polar surface area (TPSA) is 186 Å². The Morgan fingerprint density at radius 1 is 0.519 bits per heavy atom. The first-order chi connectivity index (χ1) is 25.0. The van der Waals surface area contributed by atoms with Crippen LogP contribution in [0.1, 0.15) is 23.2 Å². The maximum absolute atomic E-state index is 14.6. The molecule has 0 spiro atoms. The number of carbonyl (C=O) groups is 4. The van der Waals surface area contributed by atoms with Crippen LogP contribution in [-0.4, -0.2) is 69.8 Å². The van der Waals surface area contributed by atoms with Gasteiger partial charge in [-0.1, -0.05) is 36.4 Å². The molecule has 4 heterocycles. The van der Waals surface area contributed by atoms with Crippen molar-refractivity contribution in [3.8, 4) is 11.5 Å². The number of hydrogen-bond donors (Lipinski definition) is 0. The number of nitrogens with zero attached hydrogens (tertiary/aromatic N) is 6. The van der Waals surface area contributed by atoms with Gasteiger partial charge in [0.25, 0.3) is 23.2 Å². The number of hydrazine groups is 1. The van der Waals surface area contributed by atoms with Crippen molar-refractivity contribution in [2.45, 2.75) is 24.2 Å². The summed E-state index contributed by atoms with van der Waals surface area (Å²) < 4.78 is 10.7. The second kappa shape index (κ2) is 12.1. The van der Waals surface area contributed by atoms with Crippen LogP contribution in [0.25, 0.3) is 0 Å². The number of imide groups is 2. The van der Waals surface area contributed by atoms with Crippen molar-refractivity contribution < 1.29 is 38.5 Å². The Morgan fingerprint density at radius 3 is 1.21 bits per heavy atom. The lowest BCUT2D eigenvalue weighted by molar-refractivity contribution is -0.385. The summed E-state index contributed by atoms with van der Waals surface area (Å²) in [5.74, 6) is -3.82. The summed E-state index contributed by atoms with van der Waals surface area (Å²) in [7, 11) is 2.99. The van der Waals surface area contributed by atoms with Crippen molar-refractivity contribution in [2.75, 3.05) is 24.0 Å². The number of anilines is 2. The van der Waals surface area contributed by atoms with Gasteiger partial charge in [0.2, 0.25) is 11.8 Å². The van der Waals surface area contributed by atoms with Crippen LogP contribution in [0, 0.1) is 32.1 Å². The second-order valence-corrected chi connectivity index (χ2v) is 12.7. The van der Waals surface area contributed by atoms with Crippen molar-refractivity contribution in [1.82, 2.24) is 10.0 Å². The van der Waals surface area contributed by atoms with Gasteiger partial charge in [0.1, 0.15) is 23.6 Å². The molecule has 0 aromatic heterocycles. The van der Waals surface area contributed by atoms with E-state index < -0.39 is 69.5 Å². The lowest BCUT2D eigenvalue weighted by Crippen LogP contribution is -2.50. The SMILES string of the molecule is COc1ccc(C2C3C(=O)N(c4cccc([N+](=O)[O-])c4)C(=O)C3N3C(c4ccc(OC)cc4)C4C(=O)N(c5cccc([N+](=O)[O-])c5)C(=O)C4N23)cc1. The molecule has 4 aliphatic rings. The lowest BCUT2D eigenvalue weighted by atomic mass is 9.84. The van der Waals surface area contributed by atoms with E-state index in [9.17, 15) is 39.4 Å². The van der Waals surface area contributed by atoms with Crippen molar-refractivity contribution >= 4 is 46.4 Å². The lowest BCUT2D eigenvalue weighted by Gasteiger charge is -2.35. The summed E-state index contributed by atoms with van der Waals surface area (Å²) in [5, 5.41) is 26.6. The molecule has 4 saturated heterocycles. The van der Waals surface area contributed by atoms with E-state index in [0.29, 0.717) is 22.6 Å². The summed E-state index contributed by atoms with van der Waals surface area (Å²) in [6, 6.07) is 19.7. The van der Waals surface area contributed by atoms with Crippen LogP contribution < -0.4 is 19.3 Å². The number of non-ortho nitro benzene ring substituents is 2. The molecule has 6 atom stereocenters. The molecular weight excluding hydrogens is 676 g/mol.